The Hall–Kier alpha value is -2.67. The summed E-state index contributed by atoms with van der Waals surface area (Å²) in [4.78, 5) is 20.6. The number of carboxylic acid groups (broad SMARTS) is 2. The fourth-order valence-electron chi connectivity index (χ4n) is 3.07. The highest BCUT2D eigenvalue weighted by atomic mass is 16.5. The third-order valence-electron chi connectivity index (χ3n) is 4.16. The third-order valence-corrected chi connectivity index (χ3v) is 4.16. The van der Waals surface area contributed by atoms with Crippen molar-refractivity contribution >= 4 is 11.9 Å². The molecule has 2 N–H and O–H groups in total. The van der Waals surface area contributed by atoms with Crippen molar-refractivity contribution in [3.63, 3.8) is 0 Å². The van der Waals surface area contributed by atoms with Crippen LogP contribution >= 0.6 is 0 Å². The molecule has 1 fully saturated rings. The van der Waals surface area contributed by atoms with Crippen molar-refractivity contribution in [2.75, 3.05) is 13.6 Å². The van der Waals surface area contributed by atoms with Crippen molar-refractivity contribution < 1.29 is 24.3 Å². The van der Waals surface area contributed by atoms with E-state index in [9.17, 15) is 0 Å². The standard InChI is InChI=1S/C16H20N2O.C2H2O4/c1-12-8-16(19-17-12)15-10-14(11-18(15)2)9-13-6-4-3-5-7-13;3-1(4)2(5)6/h3-8,14-15H,9-11H2,1-2H3;(H,3,4)(H,5,6). The van der Waals surface area contributed by atoms with Crippen LogP contribution in [0.2, 0.25) is 0 Å². The highest BCUT2D eigenvalue weighted by Crippen LogP contribution is 2.35. The normalized spacial score (nSPS) is 19.9. The van der Waals surface area contributed by atoms with E-state index in [2.05, 4.69) is 53.5 Å². The number of aromatic nitrogens is 1. The van der Waals surface area contributed by atoms with Crippen molar-refractivity contribution in [3.8, 4) is 0 Å². The first-order valence-corrected chi connectivity index (χ1v) is 8.00. The first-order valence-electron chi connectivity index (χ1n) is 8.00. The van der Waals surface area contributed by atoms with E-state index in [-0.39, 0.29) is 0 Å². The summed E-state index contributed by atoms with van der Waals surface area (Å²) < 4.78 is 5.43. The largest absolute Gasteiger partial charge is 0.473 e. The molecule has 0 bridgehead atoms. The Morgan fingerprint density at radius 3 is 2.40 bits per heavy atom. The number of nitrogens with zero attached hydrogens (tertiary/aromatic N) is 2. The second-order valence-corrected chi connectivity index (χ2v) is 6.23. The molecule has 2 heterocycles. The molecule has 1 aliphatic rings. The highest BCUT2D eigenvalue weighted by Gasteiger charge is 2.32. The zero-order valence-corrected chi connectivity index (χ0v) is 14.3. The van der Waals surface area contributed by atoms with E-state index < -0.39 is 11.9 Å². The van der Waals surface area contributed by atoms with E-state index in [0.717, 1.165) is 30.8 Å². The van der Waals surface area contributed by atoms with Gasteiger partial charge in [0, 0.05) is 12.6 Å². The summed E-state index contributed by atoms with van der Waals surface area (Å²) in [5.41, 5.74) is 2.39. The van der Waals surface area contributed by atoms with Crippen LogP contribution in [0, 0.1) is 12.8 Å². The smallest absolute Gasteiger partial charge is 0.414 e. The minimum atomic E-state index is -1.82. The van der Waals surface area contributed by atoms with Gasteiger partial charge >= 0.3 is 11.9 Å². The Balaban J connectivity index is 0.000000326. The number of hydrogen-bond acceptors (Lipinski definition) is 5. The molecule has 0 spiro atoms. The van der Waals surface area contributed by atoms with Crippen LogP contribution in [0.25, 0.3) is 0 Å². The van der Waals surface area contributed by atoms with Crippen molar-refractivity contribution in [1.82, 2.24) is 10.1 Å². The average molecular weight is 346 g/mol. The van der Waals surface area contributed by atoms with E-state index in [1.165, 1.54) is 5.56 Å². The molecule has 2 atom stereocenters. The Kier molecular flexibility index (Phi) is 6.30. The molecule has 7 nitrogen and oxygen atoms in total. The van der Waals surface area contributed by atoms with E-state index in [1.807, 2.05) is 6.92 Å². The lowest BCUT2D eigenvalue weighted by Crippen LogP contribution is -2.18. The topological polar surface area (TPSA) is 104 Å². The monoisotopic (exact) mass is 346 g/mol. The maximum atomic E-state index is 9.10. The molecule has 0 amide bonds. The summed E-state index contributed by atoms with van der Waals surface area (Å²) in [6.45, 7) is 3.10. The molecule has 7 heteroatoms. The predicted molar refractivity (Wildman–Crippen MR) is 90.1 cm³/mol. The lowest BCUT2D eigenvalue weighted by atomic mass is 9.96. The molecule has 2 aromatic rings. The molecule has 25 heavy (non-hydrogen) atoms. The molecule has 0 aliphatic carbocycles. The van der Waals surface area contributed by atoms with Crippen LogP contribution in [-0.2, 0) is 16.0 Å². The summed E-state index contributed by atoms with van der Waals surface area (Å²) >= 11 is 0. The number of aliphatic carboxylic acids is 2. The maximum absolute atomic E-state index is 9.10. The molecule has 1 saturated heterocycles. The summed E-state index contributed by atoms with van der Waals surface area (Å²) in [5, 5.41) is 18.8. The molecule has 1 aromatic carbocycles. The Labute approximate surface area is 145 Å². The second kappa shape index (κ2) is 8.43. The first-order chi connectivity index (χ1) is 11.9. The van der Waals surface area contributed by atoms with Crippen molar-refractivity contribution in [2.24, 2.45) is 5.92 Å². The number of likely N-dealkylation sites (tertiary alicyclic amines) is 1. The van der Waals surface area contributed by atoms with Crippen LogP contribution < -0.4 is 0 Å². The van der Waals surface area contributed by atoms with Gasteiger partial charge in [0.15, 0.2) is 5.76 Å². The minimum absolute atomic E-state index is 0.384. The Bertz CT molecular complexity index is 701. The predicted octanol–water partition coefficient (Wildman–Crippen LogP) is 2.37. The summed E-state index contributed by atoms with van der Waals surface area (Å²) in [6, 6.07) is 13.2. The van der Waals surface area contributed by atoms with Crippen LogP contribution in [0.1, 0.15) is 29.5 Å². The summed E-state index contributed by atoms with van der Waals surface area (Å²) in [5.74, 6) is -1.94. The van der Waals surface area contributed by atoms with Gasteiger partial charge in [-0.1, -0.05) is 35.5 Å². The second-order valence-electron chi connectivity index (χ2n) is 6.23. The van der Waals surface area contributed by atoms with Crippen LogP contribution in [0.5, 0.6) is 0 Å². The van der Waals surface area contributed by atoms with Gasteiger partial charge in [-0.05, 0) is 38.3 Å². The Morgan fingerprint density at radius 1 is 1.24 bits per heavy atom. The molecule has 0 saturated carbocycles. The number of carbonyl (C=O) groups is 2. The number of benzene rings is 1. The highest BCUT2D eigenvalue weighted by molar-refractivity contribution is 6.27. The van der Waals surface area contributed by atoms with Gasteiger partial charge in [0.05, 0.1) is 11.7 Å². The number of rotatable bonds is 3. The molecular formula is C18H22N2O5. The SMILES string of the molecule is Cc1cc(C2CC(Cc3ccccc3)CN2C)on1.O=C(O)C(=O)O. The third kappa shape index (κ3) is 5.42. The quantitative estimate of drug-likeness (QED) is 0.822. The van der Waals surface area contributed by atoms with Crippen LogP contribution in [-0.4, -0.2) is 45.8 Å². The van der Waals surface area contributed by atoms with Crippen LogP contribution in [0.15, 0.2) is 40.9 Å². The van der Waals surface area contributed by atoms with Crippen molar-refractivity contribution in [3.05, 3.63) is 53.4 Å². The number of hydrogen-bond donors (Lipinski definition) is 2. The lowest BCUT2D eigenvalue weighted by molar-refractivity contribution is -0.159. The molecule has 134 valence electrons. The van der Waals surface area contributed by atoms with E-state index >= 15 is 0 Å². The van der Waals surface area contributed by atoms with Crippen molar-refractivity contribution in [1.29, 1.82) is 0 Å². The van der Waals surface area contributed by atoms with Crippen LogP contribution in [0.3, 0.4) is 0 Å². The van der Waals surface area contributed by atoms with Gasteiger partial charge in [0.1, 0.15) is 0 Å². The van der Waals surface area contributed by atoms with E-state index in [0.29, 0.717) is 12.0 Å². The lowest BCUT2D eigenvalue weighted by Gasteiger charge is -2.15. The number of aryl methyl sites for hydroxylation is 1. The van der Waals surface area contributed by atoms with E-state index in [1.54, 1.807) is 0 Å². The molecule has 2 unspecified atom stereocenters. The van der Waals surface area contributed by atoms with Gasteiger partial charge in [-0.25, -0.2) is 9.59 Å². The summed E-state index contributed by atoms with van der Waals surface area (Å²) in [7, 11) is 2.17. The molecule has 0 radical (unpaired) electrons. The van der Waals surface area contributed by atoms with Gasteiger partial charge in [0.25, 0.3) is 0 Å². The van der Waals surface area contributed by atoms with Gasteiger partial charge in [-0.2, -0.15) is 0 Å². The van der Waals surface area contributed by atoms with E-state index in [4.69, 9.17) is 24.3 Å². The fraction of sp³-hybridized carbons (Fsp3) is 0.389. The zero-order valence-electron chi connectivity index (χ0n) is 14.3. The zero-order chi connectivity index (χ0) is 18.4. The Morgan fingerprint density at radius 2 is 1.88 bits per heavy atom. The molecule has 1 aromatic heterocycles. The van der Waals surface area contributed by atoms with Gasteiger partial charge < -0.3 is 14.7 Å². The summed E-state index contributed by atoms with van der Waals surface area (Å²) in [6.07, 6.45) is 2.30. The van der Waals surface area contributed by atoms with Crippen LogP contribution in [0.4, 0.5) is 0 Å². The van der Waals surface area contributed by atoms with Gasteiger partial charge in [0.2, 0.25) is 0 Å². The number of carboxylic acids is 2. The molecule has 1 aliphatic heterocycles. The van der Waals surface area contributed by atoms with Crippen molar-refractivity contribution in [2.45, 2.75) is 25.8 Å². The van der Waals surface area contributed by atoms with Gasteiger partial charge in [-0.15, -0.1) is 0 Å². The van der Waals surface area contributed by atoms with Gasteiger partial charge in [-0.3, -0.25) is 4.90 Å². The minimum Gasteiger partial charge on any atom is -0.473 e. The fourth-order valence-corrected chi connectivity index (χ4v) is 3.07. The first kappa shape index (κ1) is 18.7. The maximum Gasteiger partial charge on any atom is 0.414 e. The molecule has 3 rings (SSSR count). The average Bonchev–Trinajstić information content (AvgIpc) is 3.14. The molecular weight excluding hydrogens is 324 g/mol.